The van der Waals surface area contributed by atoms with Crippen molar-refractivity contribution in [2.24, 2.45) is 0 Å². The Hall–Kier alpha value is -2.37. The smallest absolute Gasteiger partial charge is 0.255 e. The molecule has 1 amide bonds. The summed E-state index contributed by atoms with van der Waals surface area (Å²) in [5.41, 5.74) is 6.25. The number of hydrogen-bond donors (Lipinski definition) is 2. The van der Waals surface area contributed by atoms with E-state index in [0.29, 0.717) is 11.3 Å². The van der Waals surface area contributed by atoms with Gasteiger partial charge in [-0.25, -0.2) is 4.39 Å². The van der Waals surface area contributed by atoms with E-state index in [1.807, 2.05) is 6.92 Å². The van der Waals surface area contributed by atoms with Crippen LogP contribution >= 0.6 is 0 Å². The van der Waals surface area contributed by atoms with Crippen LogP contribution in [0.25, 0.3) is 0 Å². The zero-order chi connectivity index (χ0) is 13.1. The molecule has 2 rings (SSSR count). The lowest BCUT2D eigenvalue weighted by molar-refractivity contribution is 0.102. The van der Waals surface area contributed by atoms with Gasteiger partial charge in [-0.15, -0.1) is 0 Å². The van der Waals surface area contributed by atoms with Crippen molar-refractivity contribution in [3.8, 4) is 0 Å². The molecular formula is C12H13FN4O. The van der Waals surface area contributed by atoms with Crippen LogP contribution in [0.2, 0.25) is 0 Å². The highest BCUT2D eigenvalue weighted by atomic mass is 19.1. The summed E-state index contributed by atoms with van der Waals surface area (Å²) in [6.07, 6.45) is 3.26. The molecule has 0 spiro atoms. The van der Waals surface area contributed by atoms with Crippen LogP contribution in [-0.2, 0) is 6.54 Å². The maximum absolute atomic E-state index is 13.0. The normalized spacial score (nSPS) is 10.3. The predicted octanol–water partition coefficient (Wildman–Crippen LogP) is 1.88. The van der Waals surface area contributed by atoms with E-state index in [-0.39, 0.29) is 11.6 Å². The van der Waals surface area contributed by atoms with Crippen molar-refractivity contribution in [2.75, 3.05) is 11.1 Å². The number of aromatic nitrogens is 2. The number of anilines is 2. The number of amides is 1. The number of nitrogens with zero attached hydrogens (tertiary/aromatic N) is 2. The second-order valence-electron chi connectivity index (χ2n) is 3.78. The second kappa shape index (κ2) is 4.87. The molecule has 1 aromatic carbocycles. The van der Waals surface area contributed by atoms with Gasteiger partial charge in [-0.2, -0.15) is 5.10 Å². The minimum absolute atomic E-state index is 0.0492. The first-order valence-electron chi connectivity index (χ1n) is 5.49. The predicted molar refractivity (Wildman–Crippen MR) is 66.7 cm³/mol. The molecule has 0 unspecified atom stereocenters. The highest BCUT2D eigenvalue weighted by Gasteiger charge is 2.09. The van der Waals surface area contributed by atoms with Gasteiger partial charge in [0.2, 0.25) is 0 Å². The Kier molecular flexibility index (Phi) is 3.27. The van der Waals surface area contributed by atoms with E-state index in [2.05, 4.69) is 10.4 Å². The lowest BCUT2D eigenvalue weighted by atomic mass is 10.2. The van der Waals surface area contributed by atoms with Crippen molar-refractivity contribution in [3.05, 3.63) is 42.0 Å². The number of hydrogen-bond acceptors (Lipinski definition) is 3. The van der Waals surface area contributed by atoms with Crippen molar-refractivity contribution < 1.29 is 9.18 Å². The van der Waals surface area contributed by atoms with E-state index in [0.717, 1.165) is 6.54 Å². The van der Waals surface area contributed by atoms with Gasteiger partial charge in [-0.05, 0) is 25.1 Å². The van der Waals surface area contributed by atoms with Gasteiger partial charge in [0.05, 0.1) is 17.6 Å². The number of rotatable bonds is 3. The summed E-state index contributed by atoms with van der Waals surface area (Å²) in [4.78, 5) is 11.8. The number of nitrogen functional groups attached to an aromatic ring is 1. The summed E-state index contributed by atoms with van der Waals surface area (Å²) in [5, 5.41) is 6.69. The molecular weight excluding hydrogens is 235 g/mol. The van der Waals surface area contributed by atoms with Gasteiger partial charge in [0.15, 0.2) is 0 Å². The van der Waals surface area contributed by atoms with Crippen LogP contribution in [0.15, 0.2) is 30.6 Å². The zero-order valence-electron chi connectivity index (χ0n) is 9.85. The number of nitrogens with one attached hydrogen (secondary N) is 1. The Morgan fingerprint density at radius 3 is 2.94 bits per heavy atom. The topological polar surface area (TPSA) is 72.9 Å². The first-order valence-corrected chi connectivity index (χ1v) is 5.49. The molecule has 0 aliphatic carbocycles. The minimum atomic E-state index is -0.537. The van der Waals surface area contributed by atoms with Crippen LogP contribution in [-0.4, -0.2) is 15.7 Å². The Labute approximate surface area is 103 Å². The van der Waals surface area contributed by atoms with Gasteiger partial charge < -0.3 is 11.1 Å². The van der Waals surface area contributed by atoms with Gasteiger partial charge in [0.1, 0.15) is 5.82 Å². The summed E-state index contributed by atoms with van der Waals surface area (Å²) in [6, 6.07) is 3.85. The maximum atomic E-state index is 13.0. The molecule has 0 aliphatic rings. The van der Waals surface area contributed by atoms with E-state index >= 15 is 0 Å². The van der Waals surface area contributed by atoms with E-state index in [1.165, 1.54) is 18.2 Å². The third-order valence-corrected chi connectivity index (χ3v) is 2.47. The highest BCUT2D eigenvalue weighted by molar-refractivity contribution is 6.04. The van der Waals surface area contributed by atoms with Crippen LogP contribution in [0.1, 0.15) is 17.3 Å². The standard InChI is InChI=1S/C12H13FN4O/c1-2-17-7-9(6-15-17)16-12(18)8-3-4-10(13)11(14)5-8/h3-7H,2,14H2,1H3,(H,16,18). The third-order valence-electron chi connectivity index (χ3n) is 2.47. The van der Waals surface area contributed by atoms with Gasteiger partial charge in [-0.1, -0.05) is 0 Å². The molecule has 3 N–H and O–H groups in total. The summed E-state index contributed by atoms with van der Waals surface area (Å²) < 4.78 is 14.7. The molecule has 94 valence electrons. The van der Waals surface area contributed by atoms with E-state index in [1.54, 1.807) is 17.1 Å². The Morgan fingerprint density at radius 1 is 1.56 bits per heavy atom. The number of carbonyl (C=O) groups excluding carboxylic acids is 1. The van der Waals surface area contributed by atoms with Crippen molar-refractivity contribution >= 4 is 17.3 Å². The SMILES string of the molecule is CCn1cc(NC(=O)c2ccc(F)c(N)c2)cn1. The monoisotopic (exact) mass is 248 g/mol. The van der Waals surface area contributed by atoms with E-state index in [4.69, 9.17) is 5.73 Å². The fourth-order valence-electron chi connectivity index (χ4n) is 1.49. The van der Waals surface area contributed by atoms with Crippen molar-refractivity contribution in [1.82, 2.24) is 9.78 Å². The third kappa shape index (κ3) is 2.48. The number of halogens is 1. The van der Waals surface area contributed by atoms with Gasteiger partial charge in [0.25, 0.3) is 5.91 Å². The Morgan fingerprint density at radius 2 is 2.33 bits per heavy atom. The highest BCUT2D eigenvalue weighted by Crippen LogP contribution is 2.14. The summed E-state index contributed by atoms with van der Waals surface area (Å²) in [6.45, 7) is 2.67. The van der Waals surface area contributed by atoms with Crippen molar-refractivity contribution in [3.63, 3.8) is 0 Å². The molecule has 0 atom stereocenters. The largest absolute Gasteiger partial charge is 0.396 e. The average molecular weight is 248 g/mol. The lowest BCUT2D eigenvalue weighted by Crippen LogP contribution is -2.12. The fraction of sp³-hybridized carbons (Fsp3) is 0.167. The number of aryl methyl sites for hydroxylation is 1. The molecule has 1 heterocycles. The summed E-state index contributed by atoms with van der Waals surface area (Å²) in [5.74, 6) is -0.886. The molecule has 6 heteroatoms. The zero-order valence-corrected chi connectivity index (χ0v) is 9.85. The molecule has 0 bridgehead atoms. The van der Waals surface area contributed by atoms with Crippen LogP contribution in [0.5, 0.6) is 0 Å². The van der Waals surface area contributed by atoms with Crippen LogP contribution in [0.3, 0.4) is 0 Å². The number of nitrogens with two attached hydrogens (primary N) is 1. The Balaban J connectivity index is 2.14. The molecule has 0 aliphatic heterocycles. The quantitative estimate of drug-likeness (QED) is 0.814. The van der Waals surface area contributed by atoms with Gasteiger partial charge in [-0.3, -0.25) is 9.48 Å². The molecule has 0 saturated heterocycles. The van der Waals surface area contributed by atoms with Gasteiger partial charge >= 0.3 is 0 Å². The maximum Gasteiger partial charge on any atom is 0.255 e. The number of carbonyl (C=O) groups is 1. The molecule has 0 fully saturated rings. The fourth-order valence-corrected chi connectivity index (χ4v) is 1.49. The van der Waals surface area contributed by atoms with Crippen molar-refractivity contribution in [1.29, 1.82) is 0 Å². The lowest BCUT2D eigenvalue weighted by Gasteiger charge is -2.03. The van der Waals surface area contributed by atoms with E-state index < -0.39 is 5.82 Å². The van der Waals surface area contributed by atoms with Gasteiger partial charge in [0, 0.05) is 18.3 Å². The van der Waals surface area contributed by atoms with Crippen LogP contribution < -0.4 is 11.1 Å². The molecule has 0 radical (unpaired) electrons. The van der Waals surface area contributed by atoms with E-state index in [9.17, 15) is 9.18 Å². The van der Waals surface area contributed by atoms with Crippen molar-refractivity contribution in [2.45, 2.75) is 13.5 Å². The van der Waals surface area contributed by atoms with Crippen LogP contribution in [0.4, 0.5) is 15.8 Å². The molecule has 1 aromatic heterocycles. The average Bonchev–Trinajstić information content (AvgIpc) is 2.80. The summed E-state index contributed by atoms with van der Waals surface area (Å²) >= 11 is 0. The molecule has 0 saturated carbocycles. The minimum Gasteiger partial charge on any atom is -0.396 e. The Bertz CT molecular complexity index is 579. The second-order valence-corrected chi connectivity index (χ2v) is 3.78. The van der Waals surface area contributed by atoms with Crippen LogP contribution in [0, 0.1) is 5.82 Å². The summed E-state index contributed by atoms with van der Waals surface area (Å²) in [7, 11) is 0. The first-order chi connectivity index (χ1) is 8.60. The number of benzene rings is 1. The molecule has 2 aromatic rings. The molecule has 5 nitrogen and oxygen atoms in total. The first kappa shape index (κ1) is 12.1. The molecule has 18 heavy (non-hydrogen) atoms.